The van der Waals surface area contributed by atoms with Gasteiger partial charge in [0.2, 0.25) is 0 Å². The van der Waals surface area contributed by atoms with Gasteiger partial charge in [0.25, 0.3) is 0 Å². The minimum Gasteiger partial charge on any atom is -0.466 e. The van der Waals surface area contributed by atoms with Crippen LogP contribution in [0.1, 0.15) is 12.0 Å². The summed E-state index contributed by atoms with van der Waals surface area (Å²) in [5, 5.41) is 0. The molecule has 0 heterocycles. The molecule has 0 radical (unpaired) electrons. The first-order valence-corrected chi connectivity index (χ1v) is 5.77. The first-order valence-electron chi connectivity index (χ1n) is 5.77. The number of esters is 1. The van der Waals surface area contributed by atoms with E-state index in [4.69, 9.17) is 4.74 Å². The van der Waals surface area contributed by atoms with Crippen LogP contribution in [0.15, 0.2) is 48.1 Å². The topological polar surface area (TPSA) is 35.5 Å². The fraction of sp³-hybridized carbons (Fsp3) is 0.267. The van der Waals surface area contributed by atoms with Crippen molar-refractivity contribution in [2.45, 2.75) is 6.42 Å². The molecule has 0 aliphatic rings. The van der Waals surface area contributed by atoms with Gasteiger partial charge in [0.1, 0.15) is 0 Å². The molecule has 3 heteroatoms. The summed E-state index contributed by atoms with van der Waals surface area (Å²) in [5.41, 5.74) is 2.12. The zero-order valence-electron chi connectivity index (χ0n) is 10.8. The second kappa shape index (κ2) is 8.25. The zero-order chi connectivity index (χ0) is 13.2. The van der Waals surface area contributed by atoms with Crippen molar-refractivity contribution < 1.29 is 14.3 Å². The van der Waals surface area contributed by atoms with Crippen molar-refractivity contribution in [1.29, 1.82) is 0 Å². The molecule has 0 aromatic heterocycles. The van der Waals surface area contributed by atoms with Crippen LogP contribution in [-0.2, 0) is 14.3 Å². The Bertz CT molecular complexity index is 419. The fourth-order valence-electron chi connectivity index (χ4n) is 1.43. The lowest BCUT2D eigenvalue weighted by molar-refractivity contribution is -0.134. The molecule has 0 bridgehead atoms. The van der Waals surface area contributed by atoms with E-state index in [1.807, 2.05) is 36.4 Å². The van der Waals surface area contributed by atoms with Crippen LogP contribution in [0.25, 0.3) is 6.08 Å². The molecule has 0 spiro atoms. The van der Waals surface area contributed by atoms with Crippen molar-refractivity contribution in [3.05, 3.63) is 53.6 Å². The highest BCUT2D eigenvalue weighted by Gasteiger charge is 1.97. The van der Waals surface area contributed by atoms with Crippen molar-refractivity contribution in [3.63, 3.8) is 0 Å². The summed E-state index contributed by atoms with van der Waals surface area (Å²) in [6.45, 7) is 0.615. The first kappa shape index (κ1) is 14.2. The molecule has 96 valence electrons. The van der Waals surface area contributed by atoms with Gasteiger partial charge >= 0.3 is 5.97 Å². The molecule has 1 aromatic rings. The Morgan fingerprint density at radius 1 is 1.17 bits per heavy atom. The summed E-state index contributed by atoms with van der Waals surface area (Å²) < 4.78 is 9.62. The maximum Gasteiger partial charge on any atom is 0.330 e. The van der Waals surface area contributed by atoms with Crippen molar-refractivity contribution in [2.24, 2.45) is 0 Å². The van der Waals surface area contributed by atoms with Crippen molar-refractivity contribution in [3.8, 4) is 0 Å². The Balaban J connectivity index is 2.80. The Hall–Kier alpha value is -1.87. The molecule has 0 N–H and O–H groups in total. The fourth-order valence-corrected chi connectivity index (χ4v) is 1.43. The number of carbonyl (C=O) groups is 1. The van der Waals surface area contributed by atoms with E-state index >= 15 is 0 Å². The predicted molar refractivity (Wildman–Crippen MR) is 72.1 cm³/mol. The second-order valence-electron chi connectivity index (χ2n) is 3.73. The molecule has 0 saturated heterocycles. The molecule has 0 aliphatic heterocycles. The van der Waals surface area contributed by atoms with Gasteiger partial charge in [0.05, 0.1) is 13.7 Å². The lowest BCUT2D eigenvalue weighted by Crippen LogP contribution is -1.95. The number of ether oxygens (including phenoxy) is 2. The Kier molecular flexibility index (Phi) is 6.51. The van der Waals surface area contributed by atoms with E-state index in [9.17, 15) is 4.79 Å². The van der Waals surface area contributed by atoms with Gasteiger partial charge < -0.3 is 9.47 Å². The number of allylic oxidation sites excluding steroid dienone is 1. The molecule has 0 atom stereocenters. The van der Waals surface area contributed by atoms with Crippen LogP contribution in [0, 0.1) is 0 Å². The van der Waals surface area contributed by atoms with Gasteiger partial charge in [-0.15, -0.1) is 0 Å². The van der Waals surface area contributed by atoms with E-state index in [0.717, 1.165) is 17.6 Å². The second-order valence-corrected chi connectivity index (χ2v) is 3.73. The van der Waals surface area contributed by atoms with Gasteiger partial charge in [-0.1, -0.05) is 42.5 Å². The number of hydrogen-bond donors (Lipinski definition) is 0. The molecule has 0 unspecified atom stereocenters. The van der Waals surface area contributed by atoms with Gasteiger partial charge in [0, 0.05) is 13.2 Å². The molecule has 0 fully saturated rings. The molecular formula is C15H18O3. The Morgan fingerprint density at radius 2 is 1.89 bits per heavy atom. The van der Waals surface area contributed by atoms with Crippen molar-refractivity contribution in [1.82, 2.24) is 0 Å². The van der Waals surface area contributed by atoms with Crippen LogP contribution in [0.4, 0.5) is 0 Å². The third-order valence-corrected chi connectivity index (χ3v) is 2.38. The molecule has 18 heavy (non-hydrogen) atoms. The van der Waals surface area contributed by atoms with E-state index in [1.165, 1.54) is 13.2 Å². The monoisotopic (exact) mass is 246 g/mol. The normalized spacial score (nSPS) is 11.8. The highest BCUT2D eigenvalue weighted by Crippen LogP contribution is 2.11. The third kappa shape index (κ3) is 5.46. The number of benzene rings is 1. The van der Waals surface area contributed by atoms with Crippen LogP contribution in [0.3, 0.4) is 0 Å². The minimum atomic E-state index is -0.355. The summed E-state index contributed by atoms with van der Waals surface area (Å²) in [7, 11) is 3.02. The molecule has 3 nitrogen and oxygen atoms in total. The van der Waals surface area contributed by atoms with Gasteiger partial charge in [-0.2, -0.15) is 0 Å². The van der Waals surface area contributed by atoms with Crippen LogP contribution < -0.4 is 0 Å². The van der Waals surface area contributed by atoms with E-state index < -0.39 is 0 Å². The summed E-state index contributed by atoms with van der Waals surface area (Å²) in [5.74, 6) is -0.355. The zero-order valence-corrected chi connectivity index (χ0v) is 10.8. The molecule has 1 aromatic carbocycles. The highest BCUT2D eigenvalue weighted by atomic mass is 16.5. The van der Waals surface area contributed by atoms with E-state index in [1.54, 1.807) is 13.2 Å². The molecular weight excluding hydrogens is 228 g/mol. The standard InChI is InChI=1S/C15H18O3/c1-17-11-10-14(8-9-15(16)18-2)12-13-6-4-3-5-7-13/h3-9,12H,10-11H2,1-2H3/b9-8+,14-12-. The Morgan fingerprint density at radius 3 is 2.50 bits per heavy atom. The van der Waals surface area contributed by atoms with Gasteiger partial charge in [-0.3, -0.25) is 0 Å². The third-order valence-electron chi connectivity index (χ3n) is 2.38. The lowest BCUT2D eigenvalue weighted by Gasteiger charge is -2.02. The smallest absolute Gasteiger partial charge is 0.330 e. The lowest BCUT2D eigenvalue weighted by atomic mass is 10.1. The van der Waals surface area contributed by atoms with Crippen LogP contribution in [0.5, 0.6) is 0 Å². The van der Waals surface area contributed by atoms with E-state index in [0.29, 0.717) is 6.61 Å². The van der Waals surface area contributed by atoms with Gasteiger partial charge in [0.15, 0.2) is 0 Å². The van der Waals surface area contributed by atoms with E-state index in [2.05, 4.69) is 4.74 Å². The van der Waals surface area contributed by atoms with Gasteiger partial charge in [-0.05, 0) is 17.6 Å². The van der Waals surface area contributed by atoms with Crippen LogP contribution >= 0.6 is 0 Å². The maximum absolute atomic E-state index is 11.1. The predicted octanol–water partition coefficient (Wildman–Crippen LogP) is 2.84. The molecule has 1 rings (SSSR count). The molecule has 0 amide bonds. The average molecular weight is 246 g/mol. The van der Waals surface area contributed by atoms with Crippen molar-refractivity contribution in [2.75, 3.05) is 20.8 Å². The first-order chi connectivity index (χ1) is 8.76. The maximum atomic E-state index is 11.1. The molecule has 0 saturated carbocycles. The SMILES string of the molecule is COCCC(/C=C/C(=O)OC)=C\c1ccccc1. The Labute approximate surface area is 108 Å². The number of rotatable bonds is 6. The number of hydrogen-bond acceptors (Lipinski definition) is 3. The minimum absolute atomic E-state index is 0.355. The summed E-state index contributed by atoms with van der Waals surface area (Å²) in [4.78, 5) is 11.1. The van der Waals surface area contributed by atoms with E-state index in [-0.39, 0.29) is 5.97 Å². The summed E-state index contributed by atoms with van der Waals surface area (Å²) in [6.07, 6.45) is 5.96. The van der Waals surface area contributed by atoms with Gasteiger partial charge in [-0.25, -0.2) is 4.79 Å². The van der Waals surface area contributed by atoms with Crippen LogP contribution in [0.2, 0.25) is 0 Å². The summed E-state index contributed by atoms with van der Waals surface area (Å²) in [6, 6.07) is 9.95. The number of carbonyl (C=O) groups excluding carboxylic acids is 1. The average Bonchev–Trinajstić information content (AvgIpc) is 2.42. The van der Waals surface area contributed by atoms with Crippen LogP contribution in [-0.4, -0.2) is 26.8 Å². The largest absolute Gasteiger partial charge is 0.466 e. The molecule has 0 aliphatic carbocycles. The van der Waals surface area contributed by atoms with Crippen molar-refractivity contribution >= 4 is 12.0 Å². The highest BCUT2D eigenvalue weighted by molar-refractivity contribution is 5.82. The quantitative estimate of drug-likeness (QED) is 0.440. The number of methoxy groups -OCH3 is 2. The summed E-state index contributed by atoms with van der Waals surface area (Å²) >= 11 is 0.